The zero-order chi connectivity index (χ0) is 16.1. The molecule has 0 bridgehead atoms. The molecule has 0 atom stereocenters. The largest absolute Gasteiger partial charge is 0.379 e. The summed E-state index contributed by atoms with van der Waals surface area (Å²) in [6, 6.07) is 6.25. The number of carbonyl (C=O) groups excluding carboxylic acids is 1. The smallest absolute Gasteiger partial charge is 0.221 e. The van der Waals surface area contributed by atoms with Gasteiger partial charge >= 0.3 is 0 Å². The van der Waals surface area contributed by atoms with E-state index in [-0.39, 0.29) is 5.91 Å². The Morgan fingerprint density at radius 3 is 2.96 bits per heavy atom. The van der Waals surface area contributed by atoms with Crippen molar-refractivity contribution < 1.29 is 9.53 Å². The fourth-order valence-electron chi connectivity index (χ4n) is 2.86. The summed E-state index contributed by atoms with van der Waals surface area (Å²) < 4.78 is 7.21. The summed E-state index contributed by atoms with van der Waals surface area (Å²) in [4.78, 5) is 14.3. The Morgan fingerprint density at radius 2 is 2.13 bits per heavy atom. The molecule has 0 aliphatic carbocycles. The molecule has 1 aliphatic heterocycles. The van der Waals surface area contributed by atoms with Gasteiger partial charge in [-0.3, -0.25) is 14.4 Å². The highest BCUT2D eigenvalue weighted by Gasteiger charge is 2.10. The zero-order valence-corrected chi connectivity index (χ0v) is 13.6. The van der Waals surface area contributed by atoms with Crippen LogP contribution in [0.4, 0.5) is 0 Å². The molecule has 0 unspecified atom stereocenters. The number of fused-ring (bicyclic) bond motifs is 1. The van der Waals surface area contributed by atoms with Crippen LogP contribution >= 0.6 is 0 Å². The summed E-state index contributed by atoms with van der Waals surface area (Å²) in [6.07, 6.45) is 2.31. The first-order valence-corrected chi connectivity index (χ1v) is 8.21. The monoisotopic (exact) mass is 316 g/mol. The molecule has 1 aliphatic rings. The number of aryl methyl sites for hydroxylation is 2. The molecule has 1 saturated heterocycles. The summed E-state index contributed by atoms with van der Waals surface area (Å²) >= 11 is 0. The maximum atomic E-state index is 12.0. The summed E-state index contributed by atoms with van der Waals surface area (Å²) in [6.45, 7) is 7.74. The minimum atomic E-state index is 0.0778. The predicted molar refractivity (Wildman–Crippen MR) is 89.4 cm³/mol. The molecule has 3 rings (SSSR count). The van der Waals surface area contributed by atoms with Crippen LogP contribution in [-0.4, -0.2) is 60.0 Å². The van der Waals surface area contributed by atoms with Crippen LogP contribution in [0.15, 0.2) is 24.4 Å². The Hall–Kier alpha value is -1.92. The van der Waals surface area contributed by atoms with Crippen molar-refractivity contribution in [2.75, 3.05) is 39.4 Å². The van der Waals surface area contributed by atoms with E-state index < -0.39 is 0 Å². The van der Waals surface area contributed by atoms with Crippen molar-refractivity contribution in [1.82, 2.24) is 20.0 Å². The molecule has 0 radical (unpaired) electrons. The molecule has 1 aromatic heterocycles. The van der Waals surface area contributed by atoms with Crippen molar-refractivity contribution in [3.8, 4) is 0 Å². The number of ether oxygens (including phenoxy) is 1. The zero-order valence-electron chi connectivity index (χ0n) is 13.6. The molecule has 124 valence electrons. The quantitative estimate of drug-likeness (QED) is 0.869. The van der Waals surface area contributed by atoms with E-state index in [1.807, 2.05) is 10.9 Å². The van der Waals surface area contributed by atoms with E-state index in [1.54, 1.807) is 0 Å². The molecule has 1 fully saturated rings. The van der Waals surface area contributed by atoms with Crippen LogP contribution in [0, 0.1) is 6.92 Å². The van der Waals surface area contributed by atoms with Gasteiger partial charge in [0.15, 0.2) is 0 Å². The van der Waals surface area contributed by atoms with E-state index in [0.717, 1.165) is 43.8 Å². The number of amides is 1. The third kappa shape index (κ3) is 4.30. The maximum Gasteiger partial charge on any atom is 0.221 e. The van der Waals surface area contributed by atoms with Gasteiger partial charge in [0, 0.05) is 38.0 Å². The highest BCUT2D eigenvalue weighted by atomic mass is 16.5. The van der Waals surface area contributed by atoms with Crippen molar-refractivity contribution in [3.63, 3.8) is 0 Å². The average Bonchev–Trinajstić information content (AvgIpc) is 2.96. The lowest BCUT2D eigenvalue weighted by atomic mass is 10.2. The van der Waals surface area contributed by atoms with Crippen LogP contribution in [0.5, 0.6) is 0 Å². The number of aromatic nitrogens is 2. The molecule has 0 saturated carbocycles. The van der Waals surface area contributed by atoms with Gasteiger partial charge in [0.2, 0.25) is 5.91 Å². The lowest BCUT2D eigenvalue weighted by Crippen LogP contribution is -2.41. The van der Waals surface area contributed by atoms with Gasteiger partial charge in [0.05, 0.1) is 31.5 Å². The number of benzene rings is 1. The van der Waals surface area contributed by atoms with Crippen molar-refractivity contribution in [3.05, 3.63) is 30.0 Å². The van der Waals surface area contributed by atoms with Crippen LogP contribution in [-0.2, 0) is 16.1 Å². The third-order valence-corrected chi connectivity index (χ3v) is 4.20. The van der Waals surface area contributed by atoms with E-state index in [4.69, 9.17) is 4.74 Å². The molecule has 0 spiro atoms. The second kappa shape index (κ2) is 7.57. The van der Waals surface area contributed by atoms with Gasteiger partial charge in [-0.15, -0.1) is 0 Å². The molecule has 23 heavy (non-hydrogen) atoms. The van der Waals surface area contributed by atoms with Crippen LogP contribution in [0.1, 0.15) is 12.0 Å². The Bertz CT molecular complexity index is 662. The van der Waals surface area contributed by atoms with E-state index in [0.29, 0.717) is 19.5 Å². The van der Waals surface area contributed by atoms with Crippen LogP contribution in [0.2, 0.25) is 0 Å². The fourth-order valence-corrected chi connectivity index (χ4v) is 2.86. The number of nitrogens with zero attached hydrogens (tertiary/aromatic N) is 3. The van der Waals surface area contributed by atoms with Gasteiger partial charge in [-0.1, -0.05) is 11.6 Å². The minimum Gasteiger partial charge on any atom is -0.379 e. The number of morpholine rings is 1. The molecule has 6 nitrogen and oxygen atoms in total. The molecule has 1 N–H and O–H groups in total. The van der Waals surface area contributed by atoms with Gasteiger partial charge < -0.3 is 10.1 Å². The van der Waals surface area contributed by atoms with Crippen molar-refractivity contribution in [2.24, 2.45) is 0 Å². The van der Waals surface area contributed by atoms with Crippen molar-refractivity contribution in [2.45, 2.75) is 19.9 Å². The summed E-state index contributed by atoms with van der Waals surface area (Å²) in [7, 11) is 0. The summed E-state index contributed by atoms with van der Waals surface area (Å²) in [5.74, 6) is 0.0778. The fraction of sp³-hybridized carbons (Fsp3) is 0.529. The first-order chi connectivity index (χ1) is 11.2. The molecule has 6 heteroatoms. The molecule has 2 heterocycles. The first kappa shape index (κ1) is 16.0. The molecule has 1 aromatic carbocycles. The first-order valence-electron chi connectivity index (χ1n) is 8.21. The number of nitrogens with one attached hydrogen (secondary N) is 1. The SMILES string of the molecule is Cc1ccc2c(cnn2CCC(=O)NCCN2CCOCC2)c1. The molecule has 1 amide bonds. The van der Waals surface area contributed by atoms with E-state index in [1.165, 1.54) is 5.56 Å². The lowest BCUT2D eigenvalue weighted by Gasteiger charge is -2.26. The second-order valence-corrected chi connectivity index (χ2v) is 5.98. The summed E-state index contributed by atoms with van der Waals surface area (Å²) in [5.41, 5.74) is 2.30. The third-order valence-electron chi connectivity index (χ3n) is 4.20. The molecule has 2 aromatic rings. The van der Waals surface area contributed by atoms with Gasteiger partial charge in [-0.25, -0.2) is 0 Å². The van der Waals surface area contributed by atoms with Gasteiger partial charge in [-0.05, 0) is 19.1 Å². The number of hydrogen-bond donors (Lipinski definition) is 1. The van der Waals surface area contributed by atoms with Gasteiger partial charge in [0.1, 0.15) is 0 Å². The Labute approximate surface area is 136 Å². The number of carbonyl (C=O) groups is 1. The van der Waals surface area contributed by atoms with Gasteiger partial charge in [-0.2, -0.15) is 5.10 Å². The van der Waals surface area contributed by atoms with E-state index in [2.05, 4.69) is 40.4 Å². The number of hydrogen-bond acceptors (Lipinski definition) is 4. The van der Waals surface area contributed by atoms with Crippen LogP contribution in [0.25, 0.3) is 10.9 Å². The molecular weight excluding hydrogens is 292 g/mol. The Kier molecular flexibility index (Phi) is 5.25. The lowest BCUT2D eigenvalue weighted by molar-refractivity contribution is -0.121. The minimum absolute atomic E-state index is 0.0778. The normalized spacial score (nSPS) is 15.9. The average molecular weight is 316 g/mol. The van der Waals surface area contributed by atoms with Gasteiger partial charge in [0.25, 0.3) is 0 Å². The van der Waals surface area contributed by atoms with Crippen LogP contribution in [0.3, 0.4) is 0 Å². The Balaban J connectivity index is 1.43. The van der Waals surface area contributed by atoms with E-state index >= 15 is 0 Å². The number of rotatable bonds is 6. The summed E-state index contributed by atoms with van der Waals surface area (Å²) in [5, 5.41) is 8.49. The Morgan fingerprint density at radius 1 is 1.30 bits per heavy atom. The second-order valence-electron chi connectivity index (χ2n) is 5.98. The van der Waals surface area contributed by atoms with Crippen molar-refractivity contribution in [1.29, 1.82) is 0 Å². The maximum absolute atomic E-state index is 12.0. The van der Waals surface area contributed by atoms with Crippen molar-refractivity contribution >= 4 is 16.8 Å². The highest BCUT2D eigenvalue weighted by Crippen LogP contribution is 2.15. The topological polar surface area (TPSA) is 59.4 Å². The molecular formula is C17H24N4O2. The van der Waals surface area contributed by atoms with Crippen LogP contribution < -0.4 is 5.32 Å². The highest BCUT2D eigenvalue weighted by molar-refractivity contribution is 5.80. The predicted octanol–water partition coefficient (Wildman–Crippen LogP) is 1.18. The van der Waals surface area contributed by atoms with E-state index in [9.17, 15) is 4.79 Å². The standard InChI is InChI=1S/C17H24N4O2/c1-14-2-3-16-15(12-14)13-19-21(16)6-4-17(22)18-5-7-20-8-10-23-11-9-20/h2-3,12-13H,4-11H2,1H3,(H,18,22).